The third-order valence-corrected chi connectivity index (χ3v) is 13.6. The molecule has 1 heterocycles. The first-order valence-electron chi connectivity index (χ1n) is 30.3. The second-order valence-corrected chi connectivity index (χ2v) is 20.6. The molecule has 1 saturated heterocycles. The van der Waals surface area contributed by atoms with Crippen LogP contribution in [0.2, 0.25) is 0 Å². The zero-order valence-corrected chi connectivity index (χ0v) is 47.5. The lowest BCUT2D eigenvalue weighted by atomic mass is 9.98. The van der Waals surface area contributed by atoms with Crippen molar-refractivity contribution in [3.63, 3.8) is 0 Å². The first-order chi connectivity index (χ1) is 36.6. The molecule has 6 unspecified atom stereocenters. The van der Waals surface area contributed by atoms with Crippen LogP contribution in [0.4, 0.5) is 0 Å². The molecule has 0 amide bonds. The van der Waals surface area contributed by atoms with Crippen molar-refractivity contribution < 1.29 is 58.2 Å². The van der Waals surface area contributed by atoms with Gasteiger partial charge in [-0.2, -0.15) is 0 Å². The molecule has 75 heavy (non-hydrogen) atoms. The third kappa shape index (κ3) is 41.2. The Bertz CT molecular complexity index is 1540. The van der Waals surface area contributed by atoms with E-state index in [2.05, 4.69) is 81.5 Å². The summed E-state index contributed by atoms with van der Waals surface area (Å²) in [5.74, 6) is -3.14. The van der Waals surface area contributed by atoms with E-state index in [0.717, 1.165) is 96.3 Å². The smallest absolute Gasteiger partial charge is 0.335 e. The van der Waals surface area contributed by atoms with Crippen LogP contribution in [-0.4, -0.2) is 89.2 Å². The van der Waals surface area contributed by atoms with Crippen LogP contribution in [-0.2, 0) is 42.9 Å². The van der Waals surface area contributed by atoms with E-state index in [1.54, 1.807) is 0 Å². The number of carbonyl (C=O) groups excluding carboxylic acids is 3. The summed E-state index contributed by atoms with van der Waals surface area (Å²) in [6, 6.07) is 0. The normalized spacial score (nSPS) is 18.5. The molecule has 6 atom stereocenters. The Morgan fingerprint density at radius 3 is 1.28 bits per heavy atom. The topological polar surface area (TPSA) is 175 Å². The summed E-state index contributed by atoms with van der Waals surface area (Å²) in [4.78, 5) is 51.1. The first-order valence-corrected chi connectivity index (χ1v) is 30.3. The number of hydrogen-bond donors (Lipinski definition) is 3. The Kier molecular flexibility index (Phi) is 47.4. The zero-order valence-electron chi connectivity index (χ0n) is 47.5. The lowest BCUT2D eigenvalue weighted by Crippen LogP contribution is -2.61. The lowest BCUT2D eigenvalue weighted by molar-refractivity contribution is -0.301. The second-order valence-electron chi connectivity index (χ2n) is 20.6. The van der Waals surface area contributed by atoms with E-state index in [9.17, 15) is 34.5 Å². The van der Waals surface area contributed by atoms with Crippen molar-refractivity contribution in [3.05, 3.63) is 60.8 Å². The highest BCUT2D eigenvalue weighted by molar-refractivity contribution is 5.74. The predicted molar refractivity (Wildman–Crippen MR) is 303 cm³/mol. The van der Waals surface area contributed by atoms with Crippen LogP contribution in [0.3, 0.4) is 0 Å². The lowest BCUT2D eigenvalue weighted by Gasteiger charge is -2.40. The van der Waals surface area contributed by atoms with Crippen molar-refractivity contribution in [1.29, 1.82) is 0 Å². The molecule has 12 nitrogen and oxygen atoms in total. The fraction of sp³-hybridized carbons (Fsp3) is 0.778. The van der Waals surface area contributed by atoms with Crippen molar-refractivity contribution in [2.45, 2.75) is 302 Å². The second kappa shape index (κ2) is 51.2. The quantitative estimate of drug-likeness (QED) is 0.0228. The highest BCUT2D eigenvalue weighted by Gasteiger charge is 2.50. The molecule has 1 aliphatic heterocycles. The van der Waals surface area contributed by atoms with Gasteiger partial charge in [-0.25, -0.2) is 4.79 Å². The van der Waals surface area contributed by atoms with Crippen LogP contribution in [0.15, 0.2) is 60.8 Å². The Hall–Kier alpha value is -3.58. The molecule has 432 valence electrons. The maximum atomic E-state index is 13.1. The van der Waals surface area contributed by atoms with Gasteiger partial charge in [0.1, 0.15) is 18.8 Å². The highest BCUT2D eigenvalue weighted by atomic mass is 16.7. The molecule has 0 spiro atoms. The molecule has 0 saturated carbocycles. The molecule has 0 aliphatic carbocycles. The van der Waals surface area contributed by atoms with Crippen LogP contribution < -0.4 is 0 Å². The average molecular weight is 1060 g/mol. The average Bonchev–Trinajstić information content (AvgIpc) is 3.39. The molecule has 0 aromatic rings. The number of allylic oxidation sites excluding steroid dienone is 10. The maximum Gasteiger partial charge on any atom is 0.335 e. The van der Waals surface area contributed by atoms with E-state index < -0.39 is 67.3 Å². The molecule has 0 radical (unpaired) electrons. The summed E-state index contributed by atoms with van der Waals surface area (Å²) in [6.45, 7) is 5.86. The minimum Gasteiger partial charge on any atom is -0.479 e. The fourth-order valence-corrected chi connectivity index (χ4v) is 8.98. The number of carbonyl (C=O) groups is 4. The number of rotatable bonds is 51. The van der Waals surface area contributed by atoms with E-state index >= 15 is 0 Å². The number of hydrogen-bond acceptors (Lipinski definition) is 11. The van der Waals surface area contributed by atoms with E-state index in [-0.39, 0.29) is 25.9 Å². The molecule has 3 N–H and O–H groups in total. The van der Waals surface area contributed by atoms with Crippen molar-refractivity contribution in [2.75, 3.05) is 13.2 Å². The highest BCUT2D eigenvalue weighted by Crippen LogP contribution is 2.26. The number of aliphatic hydroxyl groups is 2. The SMILES string of the molecule is CC/C=C\C/C=C\C/C=C\C/C=C\C/C=C\CCCCCC(=O)OCC(COC1OC(C(=O)O)C(O)C(O)C1OC(=O)CCCCCCCCCCCCCCC)OC(=O)CCCCCCCCCCCCCCC. The standard InChI is InChI=1S/C63H108O12/c1-4-7-10-13-16-19-22-25-26-27-28-29-30-33-34-37-40-43-46-49-55(64)71-52-54(73-56(65)50-47-44-41-38-35-31-23-20-17-14-11-8-5-2)53-72-63-61(59(68)58(67)60(75-63)62(69)70)74-57(66)51-48-45-42-39-36-32-24-21-18-15-12-9-6-3/h7,10,16,19,25-26,28-29,33-34,54,58-61,63,67-68H,4-6,8-9,11-15,17-18,20-24,27,30-32,35-53H2,1-3H3,(H,69,70)/b10-7-,19-16-,26-25-,29-28-,34-33-. The van der Waals surface area contributed by atoms with E-state index in [0.29, 0.717) is 19.3 Å². The van der Waals surface area contributed by atoms with Gasteiger partial charge in [0.15, 0.2) is 24.6 Å². The Labute approximate surface area is 456 Å². The number of carboxylic acid groups (broad SMARTS) is 1. The summed E-state index contributed by atoms with van der Waals surface area (Å²) in [6.07, 6.45) is 50.4. The van der Waals surface area contributed by atoms with Gasteiger partial charge in [0.2, 0.25) is 0 Å². The number of aliphatic carboxylic acids is 1. The summed E-state index contributed by atoms with van der Waals surface area (Å²) in [7, 11) is 0. The minimum absolute atomic E-state index is 0.0604. The minimum atomic E-state index is -1.90. The molecule has 1 aliphatic rings. The number of ether oxygens (including phenoxy) is 5. The van der Waals surface area contributed by atoms with Gasteiger partial charge in [-0.05, 0) is 64.2 Å². The van der Waals surface area contributed by atoms with Gasteiger partial charge in [-0.3, -0.25) is 14.4 Å². The maximum absolute atomic E-state index is 13.1. The number of unbranched alkanes of at least 4 members (excludes halogenated alkanes) is 27. The number of esters is 3. The van der Waals surface area contributed by atoms with Gasteiger partial charge < -0.3 is 39.0 Å². The number of aliphatic hydroxyl groups excluding tert-OH is 2. The van der Waals surface area contributed by atoms with Crippen molar-refractivity contribution in [1.82, 2.24) is 0 Å². The number of carboxylic acids is 1. The Balaban J connectivity index is 2.69. The van der Waals surface area contributed by atoms with Gasteiger partial charge in [0.25, 0.3) is 0 Å². The van der Waals surface area contributed by atoms with Gasteiger partial charge in [0.05, 0.1) is 6.61 Å². The van der Waals surface area contributed by atoms with Gasteiger partial charge in [-0.15, -0.1) is 0 Å². The third-order valence-electron chi connectivity index (χ3n) is 13.6. The first kappa shape index (κ1) is 69.4. The van der Waals surface area contributed by atoms with Crippen LogP contribution >= 0.6 is 0 Å². The van der Waals surface area contributed by atoms with Gasteiger partial charge in [0, 0.05) is 19.3 Å². The summed E-state index contributed by atoms with van der Waals surface area (Å²) >= 11 is 0. The van der Waals surface area contributed by atoms with Crippen molar-refractivity contribution in [2.24, 2.45) is 0 Å². The molecular weight excluding hydrogens is 949 g/mol. The molecule has 12 heteroatoms. The van der Waals surface area contributed by atoms with E-state index in [1.165, 1.54) is 109 Å². The Morgan fingerprint density at radius 1 is 0.453 bits per heavy atom. The van der Waals surface area contributed by atoms with Crippen LogP contribution in [0.25, 0.3) is 0 Å². The molecule has 0 aromatic carbocycles. The molecule has 1 fully saturated rings. The molecule has 0 aromatic heterocycles. The summed E-state index contributed by atoms with van der Waals surface area (Å²) < 4.78 is 28.4. The van der Waals surface area contributed by atoms with Gasteiger partial charge in [-0.1, -0.05) is 242 Å². The van der Waals surface area contributed by atoms with E-state index in [4.69, 9.17) is 23.7 Å². The van der Waals surface area contributed by atoms with Crippen LogP contribution in [0.1, 0.15) is 265 Å². The summed E-state index contributed by atoms with van der Waals surface area (Å²) in [5.41, 5.74) is 0. The Morgan fingerprint density at radius 2 is 0.840 bits per heavy atom. The van der Waals surface area contributed by atoms with Crippen LogP contribution in [0.5, 0.6) is 0 Å². The predicted octanol–water partition coefficient (Wildman–Crippen LogP) is 15.6. The molecule has 1 rings (SSSR count). The van der Waals surface area contributed by atoms with Crippen molar-refractivity contribution >= 4 is 23.9 Å². The van der Waals surface area contributed by atoms with Crippen molar-refractivity contribution in [3.8, 4) is 0 Å². The summed E-state index contributed by atoms with van der Waals surface area (Å²) in [5, 5.41) is 31.5. The molecule has 0 bridgehead atoms. The zero-order chi connectivity index (χ0) is 54.7. The fourth-order valence-electron chi connectivity index (χ4n) is 8.98. The van der Waals surface area contributed by atoms with Crippen LogP contribution in [0, 0.1) is 0 Å². The largest absolute Gasteiger partial charge is 0.479 e. The molecular formula is C63H108O12. The van der Waals surface area contributed by atoms with E-state index in [1.807, 2.05) is 0 Å². The van der Waals surface area contributed by atoms with Gasteiger partial charge >= 0.3 is 23.9 Å². The monoisotopic (exact) mass is 1060 g/mol.